The van der Waals surface area contributed by atoms with Crippen LogP contribution in [-0.4, -0.2) is 23.6 Å². The van der Waals surface area contributed by atoms with Gasteiger partial charge < -0.3 is 16.2 Å². The van der Waals surface area contributed by atoms with Crippen LogP contribution in [0.25, 0.3) is 0 Å². The van der Waals surface area contributed by atoms with Crippen molar-refractivity contribution in [3.8, 4) is 0 Å². The van der Waals surface area contributed by atoms with Crippen molar-refractivity contribution < 1.29 is 9.90 Å². The number of nitrogens with two attached hydrogens (primary N) is 1. The lowest BCUT2D eigenvalue weighted by Crippen LogP contribution is -2.49. The zero-order valence-electron chi connectivity index (χ0n) is 12.2. The highest BCUT2D eigenvalue weighted by atomic mass is 32.1. The number of carbonyl (C=O) groups excluding carboxylic acids is 1. The number of nitrogens with one attached hydrogen (secondary N) is 1. The van der Waals surface area contributed by atoms with E-state index < -0.39 is 6.10 Å². The third-order valence-electron chi connectivity index (χ3n) is 5.18. The molecule has 2 bridgehead atoms. The number of thiophene rings is 1. The summed E-state index contributed by atoms with van der Waals surface area (Å²) in [4.78, 5) is 12.3. The number of hydrogen-bond donors (Lipinski definition) is 3. The summed E-state index contributed by atoms with van der Waals surface area (Å²) in [6.07, 6.45) is 4.81. The molecular formula is C16H24N2O2S. The summed E-state index contributed by atoms with van der Waals surface area (Å²) in [5.41, 5.74) is 7.14. The van der Waals surface area contributed by atoms with E-state index in [0.29, 0.717) is 24.4 Å². The fraction of sp³-hybridized carbons (Fsp3) is 0.688. The van der Waals surface area contributed by atoms with Crippen LogP contribution in [0.2, 0.25) is 0 Å². The molecule has 1 aromatic rings. The predicted molar refractivity (Wildman–Crippen MR) is 83.8 cm³/mol. The molecule has 1 amide bonds. The van der Waals surface area contributed by atoms with Gasteiger partial charge in [0.15, 0.2) is 0 Å². The minimum Gasteiger partial charge on any atom is -0.387 e. The van der Waals surface area contributed by atoms with Gasteiger partial charge in [-0.25, -0.2) is 0 Å². The third-order valence-corrected chi connectivity index (χ3v) is 5.88. The Morgan fingerprint density at radius 2 is 2.14 bits per heavy atom. The monoisotopic (exact) mass is 308 g/mol. The molecule has 2 aliphatic rings. The Hall–Kier alpha value is -0.910. The molecule has 0 saturated heterocycles. The number of hydrogen-bond acceptors (Lipinski definition) is 4. The number of rotatable bonds is 4. The van der Waals surface area contributed by atoms with Crippen molar-refractivity contribution in [2.45, 2.75) is 44.2 Å². The number of aliphatic hydroxyl groups excluding tert-OH is 1. The molecule has 4 nitrogen and oxygen atoms in total. The first-order valence-corrected chi connectivity index (χ1v) is 8.83. The summed E-state index contributed by atoms with van der Waals surface area (Å²) in [5.74, 6) is 1.19. The minimum atomic E-state index is -0.606. The molecule has 3 unspecified atom stereocenters. The van der Waals surface area contributed by atoms with E-state index in [1.807, 2.05) is 16.8 Å². The summed E-state index contributed by atoms with van der Waals surface area (Å²) in [6.45, 7) is 0.299. The van der Waals surface area contributed by atoms with Crippen LogP contribution < -0.4 is 11.1 Å². The standard InChI is InChI=1S/C16H24N2O2S/c17-15-10-2-1-3-11(15)7-13(6-10)16(20)18-8-14(19)12-4-5-21-9-12/h4-5,9-11,13-15,19H,1-3,6-8,17H2,(H,18,20). The van der Waals surface area contributed by atoms with Crippen LogP contribution in [0.1, 0.15) is 43.8 Å². The van der Waals surface area contributed by atoms with Gasteiger partial charge in [-0.05, 0) is 59.9 Å². The SMILES string of the molecule is NC1C2CCCC1CC(C(=O)NCC(O)c1ccsc1)C2. The van der Waals surface area contributed by atoms with Gasteiger partial charge in [-0.3, -0.25) is 4.79 Å². The molecule has 2 fully saturated rings. The highest BCUT2D eigenvalue weighted by molar-refractivity contribution is 7.07. The quantitative estimate of drug-likeness (QED) is 0.797. The minimum absolute atomic E-state index is 0.0785. The highest BCUT2D eigenvalue weighted by Gasteiger charge is 2.40. The van der Waals surface area contributed by atoms with Crippen molar-refractivity contribution in [1.29, 1.82) is 0 Å². The third kappa shape index (κ3) is 3.30. The lowest BCUT2D eigenvalue weighted by molar-refractivity contribution is -0.128. The zero-order valence-corrected chi connectivity index (χ0v) is 13.0. The molecule has 0 spiro atoms. The maximum atomic E-state index is 12.3. The molecular weight excluding hydrogens is 284 g/mol. The normalized spacial score (nSPS) is 33.4. The molecule has 116 valence electrons. The van der Waals surface area contributed by atoms with Crippen molar-refractivity contribution in [3.63, 3.8) is 0 Å². The maximum Gasteiger partial charge on any atom is 0.223 e. The molecule has 4 N–H and O–H groups in total. The molecule has 0 aromatic carbocycles. The number of aliphatic hydroxyl groups is 1. The molecule has 21 heavy (non-hydrogen) atoms. The average Bonchev–Trinajstić information content (AvgIpc) is 2.98. The second-order valence-corrected chi connectivity index (χ2v) is 7.29. The number of fused-ring (bicyclic) bond motifs is 2. The van der Waals surface area contributed by atoms with Crippen molar-refractivity contribution >= 4 is 17.2 Å². The molecule has 0 aliphatic heterocycles. The Morgan fingerprint density at radius 3 is 2.76 bits per heavy atom. The molecule has 1 aromatic heterocycles. The van der Waals surface area contributed by atoms with Gasteiger partial charge in [0.1, 0.15) is 0 Å². The van der Waals surface area contributed by atoms with E-state index in [2.05, 4.69) is 5.32 Å². The van der Waals surface area contributed by atoms with E-state index in [4.69, 9.17) is 5.73 Å². The van der Waals surface area contributed by atoms with Gasteiger partial charge in [0.2, 0.25) is 5.91 Å². The molecule has 5 heteroatoms. The van der Waals surface area contributed by atoms with Crippen LogP contribution in [0, 0.1) is 17.8 Å². The summed E-state index contributed by atoms with van der Waals surface area (Å²) < 4.78 is 0. The second kappa shape index (κ2) is 6.46. The Balaban J connectivity index is 1.52. The Labute approximate surface area is 129 Å². The van der Waals surface area contributed by atoms with Crippen molar-refractivity contribution in [2.75, 3.05) is 6.54 Å². The van der Waals surface area contributed by atoms with E-state index in [1.165, 1.54) is 19.3 Å². The first kappa shape index (κ1) is 15.0. The molecule has 1 heterocycles. The summed E-state index contributed by atoms with van der Waals surface area (Å²) in [6, 6.07) is 2.19. The number of carbonyl (C=O) groups is 1. The van der Waals surface area contributed by atoms with E-state index in [0.717, 1.165) is 18.4 Å². The fourth-order valence-corrected chi connectivity index (χ4v) is 4.63. The topological polar surface area (TPSA) is 75.4 Å². The van der Waals surface area contributed by atoms with Gasteiger partial charge in [0.25, 0.3) is 0 Å². The van der Waals surface area contributed by atoms with Crippen LogP contribution in [0.5, 0.6) is 0 Å². The van der Waals surface area contributed by atoms with E-state index in [9.17, 15) is 9.90 Å². The van der Waals surface area contributed by atoms with Crippen molar-refractivity contribution in [3.05, 3.63) is 22.4 Å². The average molecular weight is 308 g/mol. The Kier molecular flexibility index (Phi) is 4.62. The number of amides is 1. The summed E-state index contributed by atoms with van der Waals surface area (Å²) >= 11 is 1.56. The van der Waals surface area contributed by atoms with Gasteiger partial charge in [-0.1, -0.05) is 6.42 Å². The zero-order chi connectivity index (χ0) is 14.8. The van der Waals surface area contributed by atoms with E-state index >= 15 is 0 Å². The van der Waals surface area contributed by atoms with Crippen LogP contribution in [0.15, 0.2) is 16.8 Å². The molecule has 2 saturated carbocycles. The largest absolute Gasteiger partial charge is 0.387 e. The van der Waals surface area contributed by atoms with Gasteiger partial charge in [0, 0.05) is 18.5 Å². The second-order valence-electron chi connectivity index (χ2n) is 6.51. The predicted octanol–water partition coefficient (Wildman–Crippen LogP) is 2.05. The van der Waals surface area contributed by atoms with E-state index in [1.54, 1.807) is 11.3 Å². The van der Waals surface area contributed by atoms with Gasteiger partial charge in [-0.2, -0.15) is 11.3 Å². The van der Waals surface area contributed by atoms with Crippen LogP contribution >= 0.6 is 11.3 Å². The van der Waals surface area contributed by atoms with E-state index in [-0.39, 0.29) is 11.8 Å². The van der Waals surface area contributed by atoms with Gasteiger partial charge in [-0.15, -0.1) is 0 Å². The van der Waals surface area contributed by atoms with Gasteiger partial charge >= 0.3 is 0 Å². The Bertz CT molecular complexity index is 463. The molecule has 3 rings (SSSR count). The van der Waals surface area contributed by atoms with Crippen LogP contribution in [0.4, 0.5) is 0 Å². The Morgan fingerprint density at radius 1 is 1.43 bits per heavy atom. The lowest BCUT2D eigenvalue weighted by Gasteiger charge is -2.43. The summed E-state index contributed by atoms with van der Waals surface area (Å²) in [7, 11) is 0. The first-order chi connectivity index (χ1) is 10.1. The molecule has 2 aliphatic carbocycles. The van der Waals surface area contributed by atoms with Crippen molar-refractivity contribution in [1.82, 2.24) is 5.32 Å². The highest BCUT2D eigenvalue weighted by Crippen LogP contribution is 2.41. The van der Waals surface area contributed by atoms with Crippen molar-refractivity contribution in [2.24, 2.45) is 23.5 Å². The maximum absolute atomic E-state index is 12.3. The van der Waals surface area contributed by atoms with Crippen LogP contribution in [0.3, 0.4) is 0 Å². The smallest absolute Gasteiger partial charge is 0.223 e. The summed E-state index contributed by atoms with van der Waals surface area (Å²) in [5, 5.41) is 16.8. The fourth-order valence-electron chi connectivity index (χ4n) is 3.93. The molecule has 0 radical (unpaired) electrons. The lowest BCUT2D eigenvalue weighted by atomic mass is 9.65. The first-order valence-electron chi connectivity index (χ1n) is 7.88. The van der Waals surface area contributed by atoms with Gasteiger partial charge in [0.05, 0.1) is 6.10 Å². The molecule has 3 atom stereocenters. The van der Waals surface area contributed by atoms with Crippen LogP contribution in [-0.2, 0) is 4.79 Å².